The zero-order valence-electron chi connectivity index (χ0n) is 7.51. The summed E-state index contributed by atoms with van der Waals surface area (Å²) in [6, 6.07) is 0. The predicted octanol–water partition coefficient (Wildman–Crippen LogP) is 2.05. The van der Waals surface area contributed by atoms with Crippen molar-refractivity contribution in [2.75, 3.05) is 6.61 Å². The van der Waals surface area contributed by atoms with Crippen LogP contribution in [0.5, 0.6) is 0 Å². The van der Waals surface area contributed by atoms with Crippen LogP contribution in [0.4, 0.5) is 0 Å². The molecule has 2 saturated carbocycles. The van der Waals surface area contributed by atoms with Gasteiger partial charge >= 0.3 is 0 Å². The minimum Gasteiger partial charge on any atom is -0.396 e. The molecule has 0 spiro atoms. The fraction of sp³-hybridized carbons (Fsp3) is 1.00. The third-order valence-electron chi connectivity index (χ3n) is 3.76. The number of hydrogen-bond acceptors (Lipinski definition) is 1. The van der Waals surface area contributed by atoms with Gasteiger partial charge in [-0.15, -0.1) is 0 Å². The maximum Gasteiger partial charge on any atom is 0.0464 e. The topological polar surface area (TPSA) is 20.2 Å². The minimum absolute atomic E-state index is 0.414. The maximum atomic E-state index is 8.94. The van der Waals surface area contributed by atoms with Gasteiger partial charge in [0.1, 0.15) is 0 Å². The van der Waals surface area contributed by atoms with E-state index in [4.69, 9.17) is 5.11 Å². The Morgan fingerprint density at radius 3 is 2.55 bits per heavy atom. The van der Waals surface area contributed by atoms with E-state index in [1.165, 1.54) is 19.3 Å². The van der Waals surface area contributed by atoms with Crippen molar-refractivity contribution in [1.82, 2.24) is 0 Å². The molecule has 0 amide bonds. The van der Waals surface area contributed by atoms with Crippen LogP contribution in [0.1, 0.15) is 33.1 Å². The molecule has 11 heavy (non-hydrogen) atoms. The van der Waals surface area contributed by atoms with Gasteiger partial charge in [-0.2, -0.15) is 0 Å². The Morgan fingerprint density at radius 1 is 1.55 bits per heavy atom. The van der Waals surface area contributed by atoms with Gasteiger partial charge in [0, 0.05) is 6.61 Å². The first-order valence-corrected chi connectivity index (χ1v) is 4.76. The van der Waals surface area contributed by atoms with E-state index in [0.717, 1.165) is 11.8 Å². The quantitative estimate of drug-likeness (QED) is 0.659. The van der Waals surface area contributed by atoms with Crippen LogP contribution in [-0.2, 0) is 0 Å². The van der Waals surface area contributed by atoms with E-state index in [9.17, 15) is 0 Å². The fourth-order valence-corrected chi connectivity index (χ4v) is 2.32. The van der Waals surface area contributed by atoms with Crippen LogP contribution in [0.15, 0.2) is 0 Å². The number of aliphatic hydroxyl groups excluding tert-OH is 1. The van der Waals surface area contributed by atoms with Crippen molar-refractivity contribution in [3.8, 4) is 0 Å². The summed E-state index contributed by atoms with van der Waals surface area (Å²) in [4.78, 5) is 0. The van der Waals surface area contributed by atoms with Gasteiger partial charge in [0.25, 0.3) is 0 Å². The summed E-state index contributed by atoms with van der Waals surface area (Å²) < 4.78 is 0. The summed E-state index contributed by atoms with van der Waals surface area (Å²) in [6.07, 6.45) is 4.08. The van der Waals surface area contributed by atoms with Crippen LogP contribution in [0.25, 0.3) is 0 Å². The van der Waals surface area contributed by atoms with Crippen molar-refractivity contribution in [2.45, 2.75) is 33.1 Å². The summed E-state index contributed by atoms with van der Waals surface area (Å²) in [6.45, 7) is 5.08. The molecule has 4 unspecified atom stereocenters. The summed E-state index contributed by atoms with van der Waals surface area (Å²) in [5, 5.41) is 8.94. The summed E-state index contributed by atoms with van der Waals surface area (Å²) >= 11 is 0. The molecule has 0 bridgehead atoms. The molecular formula is C10H18O. The highest BCUT2D eigenvalue weighted by atomic mass is 16.3. The average molecular weight is 154 g/mol. The Bertz CT molecular complexity index is 166. The van der Waals surface area contributed by atoms with Crippen LogP contribution in [0.3, 0.4) is 0 Å². The lowest BCUT2D eigenvalue weighted by atomic mass is 9.98. The molecule has 0 aromatic rings. The SMILES string of the molecule is CC1CC1CC1(C)CC1CO. The van der Waals surface area contributed by atoms with E-state index >= 15 is 0 Å². The van der Waals surface area contributed by atoms with Gasteiger partial charge in [-0.25, -0.2) is 0 Å². The molecule has 2 aliphatic carbocycles. The van der Waals surface area contributed by atoms with Crippen molar-refractivity contribution in [3.63, 3.8) is 0 Å². The van der Waals surface area contributed by atoms with Gasteiger partial charge in [-0.05, 0) is 42.4 Å². The highest BCUT2D eigenvalue weighted by molar-refractivity contribution is 5.02. The lowest BCUT2D eigenvalue weighted by molar-refractivity contribution is 0.246. The molecule has 2 rings (SSSR count). The van der Waals surface area contributed by atoms with E-state index in [0.29, 0.717) is 17.9 Å². The van der Waals surface area contributed by atoms with Gasteiger partial charge in [-0.1, -0.05) is 13.8 Å². The van der Waals surface area contributed by atoms with Crippen LogP contribution >= 0.6 is 0 Å². The Kier molecular flexibility index (Phi) is 1.54. The zero-order chi connectivity index (χ0) is 8.06. The highest BCUT2D eigenvalue weighted by Crippen LogP contribution is 2.60. The molecule has 0 radical (unpaired) electrons. The molecule has 2 fully saturated rings. The lowest BCUT2D eigenvalue weighted by Crippen LogP contribution is -2.02. The minimum atomic E-state index is 0.414. The predicted molar refractivity (Wildman–Crippen MR) is 45.2 cm³/mol. The van der Waals surface area contributed by atoms with Crippen LogP contribution < -0.4 is 0 Å². The van der Waals surface area contributed by atoms with Crippen molar-refractivity contribution in [2.24, 2.45) is 23.2 Å². The number of rotatable bonds is 3. The Hall–Kier alpha value is -0.0400. The molecular weight excluding hydrogens is 136 g/mol. The van der Waals surface area contributed by atoms with Crippen molar-refractivity contribution < 1.29 is 5.11 Å². The van der Waals surface area contributed by atoms with Crippen molar-refractivity contribution >= 4 is 0 Å². The van der Waals surface area contributed by atoms with E-state index in [1.807, 2.05) is 0 Å². The van der Waals surface area contributed by atoms with Gasteiger partial charge in [0.2, 0.25) is 0 Å². The lowest BCUT2D eigenvalue weighted by Gasteiger charge is -2.08. The average Bonchev–Trinajstić information content (AvgIpc) is 2.77. The van der Waals surface area contributed by atoms with Gasteiger partial charge in [-0.3, -0.25) is 0 Å². The fourth-order valence-electron chi connectivity index (χ4n) is 2.32. The molecule has 0 heterocycles. The van der Waals surface area contributed by atoms with Crippen molar-refractivity contribution in [1.29, 1.82) is 0 Å². The first kappa shape index (κ1) is 7.60. The Labute approximate surface area is 68.8 Å². The van der Waals surface area contributed by atoms with E-state index in [2.05, 4.69) is 13.8 Å². The molecule has 64 valence electrons. The second kappa shape index (κ2) is 2.22. The smallest absolute Gasteiger partial charge is 0.0464 e. The molecule has 0 saturated heterocycles. The Balaban J connectivity index is 1.79. The van der Waals surface area contributed by atoms with E-state index in [-0.39, 0.29) is 0 Å². The molecule has 2 aliphatic rings. The maximum absolute atomic E-state index is 8.94. The van der Waals surface area contributed by atoms with Crippen LogP contribution in [0.2, 0.25) is 0 Å². The molecule has 1 N–H and O–H groups in total. The number of aliphatic hydroxyl groups is 1. The first-order valence-electron chi connectivity index (χ1n) is 4.76. The van der Waals surface area contributed by atoms with Crippen LogP contribution in [-0.4, -0.2) is 11.7 Å². The zero-order valence-corrected chi connectivity index (χ0v) is 7.51. The third-order valence-corrected chi connectivity index (χ3v) is 3.76. The number of hydrogen-bond donors (Lipinski definition) is 1. The molecule has 0 aliphatic heterocycles. The monoisotopic (exact) mass is 154 g/mol. The summed E-state index contributed by atoms with van der Waals surface area (Å²) in [5.74, 6) is 2.61. The van der Waals surface area contributed by atoms with Gasteiger partial charge in [0.05, 0.1) is 0 Å². The van der Waals surface area contributed by atoms with Crippen LogP contribution in [0, 0.1) is 23.2 Å². The molecule has 0 aromatic carbocycles. The molecule has 0 aromatic heterocycles. The molecule has 4 atom stereocenters. The molecule has 1 nitrogen and oxygen atoms in total. The Morgan fingerprint density at radius 2 is 2.18 bits per heavy atom. The standard InChI is InChI=1S/C10H18O/c1-7-3-8(7)4-10(2)5-9(10)6-11/h7-9,11H,3-6H2,1-2H3. The summed E-state index contributed by atoms with van der Waals surface area (Å²) in [7, 11) is 0. The van der Waals surface area contributed by atoms with E-state index < -0.39 is 0 Å². The van der Waals surface area contributed by atoms with Gasteiger partial charge in [0.15, 0.2) is 0 Å². The second-order valence-corrected chi connectivity index (χ2v) is 4.91. The van der Waals surface area contributed by atoms with E-state index in [1.54, 1.807) is 0 Å². The first-order chi connectivity index (χ1) is 5.15. The largest absolute Gasteiger partial charge is 0.396 e. The normalized spacial score (nSPS) is 54.3. The van der Waals surface area contributed by atoms with Gasteiger partial charge < -0.3 is 5.11 Å². The molecule has 1 heteroatoms. The third kappa shape index (κ3) is 1.31. The summed E-state index contributed by atoms with van der Waals surface area (Å²) in [5.41, 5.74) is 0.532. The second-order valence-electron chi connectivity index (χ2n) is 4.91. The van der Waals surface area contributed by atoms with Crippen molar-refractivity contribution in [3.05, 3.63) is 0 Å². The highest BCUT2D eigenvalue weighted by Gasteiger charge is 2.52.